The van der Waals surface area contributed by atoms with Gasteiger partial charge in [0.1, 0.15) is 46.0 Å². The van der Waals surface area contributed by atoms with Crippen molar-refractivity contribution in [2.24, 2.45) is 0 Å². The number of aromatic nitrogens is 6. The lowest BCUT2D eigenvalue weighted by atomic mass is 9.31. The second-order valence-corrected chi connectivity index (χ2v) is 32.7. The summed E-state index contributed by atoms with van der Waals surface area (Å²) in [4.78, 5) is 9.49. The van der Waals surface area contributed by atoms with E-state index in [1.165, 1.54) is 76.8 Å². The van der Waals surface area contributed by atoms with E-state index in [0.717, 1.165) is 155 Å². The molecule has 14 heteroatoms. The first-order valence-electron chi connectivity index (χ1n) is 43.5. The number of rotatable bonds is 4. The molecule has 30 rings (SSSR count). The number of benzene rings is 17. The number of para-hydroxylation sites is 8. The van der Waals surface area contributed by atoms with Crippen LogP contribution in [0.3, 0.4) is 0 Å². The molecule has 0 fully saturated rings. The summed E-state index contributed by atoms with van der Waals surface area (Å²) in [5.74, 6) is 5.34. The van der Waals surface area contributed by atoms with Crippen LogP contribution in [0.4, 0.5) is 0 Å². The zero-order valence-corrected chi connectivity index (χ0v) is 63.7. The van der Waals surface area contributed by atoms with E-state index >= 15 is 0 Å². The van der Waals surface area contributed by atoms with E-state index < -0.39 is 18.1 Å². The van der Waals surface area contributed by atoms with Crippen molar-refractivity contribution in [1.82, 2.24) is 28.2 Å². The predicted octanol–water partition coefficient (Wildman–Crippen LogP) is 17.0. The lowest BCUT2D eigenvalue weighted by molar-refractivity contribution is 0.468. The van der Waals surface area contributed by atoms with Gasteiger partial charge in [0.15, 0.2) is 0 Å². The molecule has 8 aliphatic heterocycles. The molecule has 548 valence electrons. The van der Waals surface area contributed by atoms with E-state index in [2.05, 4.69) is 314 Å². The van der Waals surface area contributed by atoms with Crippen LogP contribution in [-0.4, -0.2) is 55.1 Å². The number of hydrogen-bond donors (Lipinski definition) is 0. The Morgan fingerprint density at radius 2 is 0.625 bits per heavy atom. The lowest BCUT2D eigenvalue weighted by Gasteiger charge is -2.38. The minimum Gasteiger partial charge on any atom is -0.458 e. The third kappa shape index (κ3) is 8.03. The first-order valence-corrected chi connectivity index (χ1v) is 41.0. The van der Waals surface area contributed by atoms with Crippen LogP contribution in [0.1, 0.15) is 6.85 Å². The van der Waals surface area contributed by atoms with Crippen molar-refractivity contribution in [3.8, 4) is 113 Å². The van der Waals surface area contributed by atoms with Gasteiger partial charge in [0.25, 0.3) is 26.9 Å². The highest BCUT2D eigenvalue weighted by Crippen LogP contribution is 2.53. The van der Waals surface area contributed by atoms with Crippen molar-refractivity contribution in [1.29, 1.82) is 0 Å². The van der Waals surface area contributed by atoms with Gasteiger partial charge in [0.2, 0.25) is 0 Å². The maximum Gasteiger partial charge on any atom is 0.256 e. The molecule has 120 heavy (non-hydrogen) atoms. The van der Waals surface area contributed by atoms with Crippen molar-refractivity contribution in [2.45, 2.75) is 0 Å². The van der Waals surface area contributed by atoms with Crippen molar-refractivity contribution in [2.75, 3.05) is 0 Å². The Bertz CT molecular complexity index is 8340. The molecule has 0 amide bonds. The van der Waals surface area contributed by atoms with Crippen molar-refractivity contribution < 1.29 is 25.8 Å². The van der Waals surface area contributed by atoms with Gasteiger partial charge in [-0.2, -0.15) is 0 Å². The highest BCUT2D eigenvalue weighted by molar-refractivity contribution is 7.04. The molecule has 0 atom stereocenters. The average Bonchev–Trinajstić information content (AvgIpc) is 1.65. The summed E-state index contributed by atoms with van der Waals surface area (Å²) < 4.78 is 85.4. The molecule has 0 N–H and O–H groups in total. The molecular weight excluding hydrogens is 1460 g/mol. The molecule has 0 unspecified atom stereocenters. The Labute approximate surface area is 694 Å². The molecule has 10 nitrogen and oxygen atoms in total. The standard InChI is InChI=1S/C60H34B2N2O2.C46H24B2N4O2/c1-4-18-35(19-5-1)40-32-50-55-57-53(40)38-24-10-14-28-46(38)63(57)48-30-16-12-26-42(48)61(55)44-34-45-60(52(59(44)65-50)37-22-8-3-9-23-37)66-51-33-41(36-20-6-2-7-21-36)54-39-25-11-15-29-47(39)64-49-31-17-13-27-43(49)62(45)56(51)58(54)64;1-5-13-34-25(9-1)27-17-19-38-41-43(27)51(34)36-15-7-3-11-29(36)47(41)31-23-32-46(40(45(31)53-38)33-24-49-21-22-50-33)54-39-20-18-28-26-10-2-6-14-35(26)52-37-16-8-4-12-30(37)48(32)42(39)44(28)52/h1-34H;1-24H/i3D,8D,9D,22D,23D;. The topological polar surface area (TPSA) is 82.4 Å². The normalized spacial score (nSPS) is 14.1. The molecular formula is C106H58B4N6O4. The van der Waals surface area contributed by atoms with Crippen LogP contribution in [0.25, 0.3) is 155 Å². The second kappa shape index (κ2) is 23.2. The number of ether oxygens (including phenoxy) is 4. The van der Waals surface area contributed by atoms with Gasteiger partial charge in [-0.05, 0) is 178 Å². The molecule has 0 saturated heterocycles. The maximum atomic E-state index is 9.68. The molecule has 17 aromatic carbocycles. The van der Waals surface area contributed by atoms with Crippen molar-refractivity contribution >= 4 is 180 Å². The molecule has 0 bridgehead atoms. The molecule has 8 aliphatic rings. The summed E-state index contributed by atoms with van der Waals surface area (Å²) in [6.45, 7) is -0.919. The summed E-state index contributed by atoms with van der Waals surface area (Å²) in [6, 6.07) is 106. The molecule has 13 heterocycles. The van der Waals surface area contributed by atoms with Crippen LogP contribution in [0, 0.1) is 0 Å². The second-order valence-electron chi connectivity index (χ2n) is 32.7. The van der Waals surface area contributed by atoms with E-state index in [1.807, 2.05) is 18.3 Å². The zero-order chi connectivity index (χ0) is 81.9. The summed E-state index contributed by atoms with van der Waals surface area (Å²) in [5.41, 5.74) is 32.6. The third-order valence-corrected chi connectivity index (χ3v) is 27.1. The monoisotopic (exact) mass is 1530 g/mol. The van der Waals surface area contributed by atoms with Crippen molar-refractivity contribution in [3.05, 3.63) is 352 Å². The highest BCUT2D eigenvalue weighted by Gasteiger charge is 2.51. The molecule has 5 aromatic heterocycles. The van der Waals surface area contributed by atoms with Crippen LogP contribution in [0.15, 0.2) is 352 Å². The maximum absolute atomic E-state index is 9.68. The van der Waals surface area contributed by atoms with E-state index in [9.17, 15) is 2.74 Å². The third-order valence-electron chi connectivity index (χ3n) is 27.1. The lowest BCUT2D eigenvalue weighted by Crippen LogP contribution is -2.62. The zero-order valence-electron chi connectivity index (χ0n) is 68.7. The summed E-state index contributed by atoms with van der Waals surface area (Å²) in [7, 11) is 0. The van der Waals surface area contributed by atoms with Crippen LogP contribution >= 0.6 is 0 Å². The number of hydrogen-bond acceptors (Lipinski definition) is 6. The van der Waals surface area contributed by atoms with Gasteiger partial charge in [-0.15, -0.1) is 0 Å². The Balaban J connectivity index is 0.000000129. The number of nitrogens with zero attached hydrogens (tertiary/aromatic N) is 6. The molecule has 0 saturated carbocycles. The Morgan fingerprint density at radius 1 is 0.275 bits per heavy atom. The van der Waals surface area contributed by atoms with E-state index in [0.29, 0.717) is 28.6 Å². The molecule has 0 spiro atoms. The minimum atomic E-state index is -0.465. The van der Waals surface area contributed by atoms with Gasteiger partial charge in [0, 0.05) is 78.2 Å². The van der Waals surface area contributed by atoms with Gasteiger partial charge in [-0.25, -0.2) is 0 Å². The Hall–Kier alpha value is -15.5. The average molecular weight is 1530 g/mol. The van der Waals surface area contributed by atoms with E-state index in [-0.39, 0.29) is 44.5 Å². The largest absolute Gasteiger partial charge is 0.458 e. The van der Waals surface area contributed by atoms with Gasteiger partial charge >= 0.3 is 0 Å². The Morgan fingerprint density at radius 3 is 1.04 bits per heavy atom. The van der Waals surface area contributed by atoms with Gasteiger partial charge in [-0.3, -0.25) is 9.97 Å². The number of fused-ring (bicyclic) bond motifs is 32. The smallest absolute Gasteiger partial charge is 0.256 e. The van der Waals surface area contributed by atoms with Crippen LogP contribution in [0.2, 0.25) is 0 Å². The highest BCUT2D eigenvalue weighted by atomic mass is 16.5. The fourth-order valence-corrected chi connectivity index (χ4v) is 22.7. The van der Waals surface area contributed by atoms with Crippen LogP contribution in [-0.2, 0) is 0 Å². The van der Waals surface area contributed by atoms with E-state index in [1.54, 1.807) is 12.4 Å². The fraction of sp³-hybridized carbons (Fsp3) is 0. The SMILES string of the molecule is [2H]c1c([2H])c([2H])c(-c2c3c(cc4c2Oc2cc(-c5ccccc5)c5c6ccccc6n6c5c2B4c2ccccc2-6)B2c4ccccc4-n4c5ccccc5c5c(-c6ccccc6)cc(c2c54)O3)c([2H])c1[2H].c1ccc2c(c1)B1c3cc4c(c(-c5cnccn5)c3Oc3ccc5c6ccccc6n-2c5c31)Oc1ccc2c3ccccc3n3c2c1B4c1ccccc1-3. The van der Waals surface area contributed by atoms with Gasteiger partial charge in [0.05, 0.1) is 74.0 Å². The Kier molecular flexibility index (Phi) is 11.4. The quantitative estimate of drug-likeness (QED) is 0.163. The summed E-state index contributed by atoms with van der Waals surface area (Å²) >= 11 is 0. The van der Waals surface area contributed by atoms with Crippen LogP contribution in [0.5, 0.6) is 46.0 Å². The fourth-order valence-electron chi connectivity index (χ4n) is 22.7. The summed E-state index contributed by atoms with van der Waals surface area (Å²) in [5, 5.41) is 9.47. The van der Waals surface area contributed by atoms with Gasteiger partial charge in [-0.1, -0.05) is 249 Å². The first-order chi connectivity index (χ1) is 61.7. The van der Waals surface area contributed by atoms with Gasteiger partial charge < -0.3 is 37.2 Å². The molecule has 0 radical (unpaired) electrons. The first kappa shape index (κ1) is 59.2. The van der Waals surface area contributed by atoms with E-state index in [4.69, 9.17) is 28.0 Å². The summed E-state index contributed by atoms with van der Waals surface area (Å²) in [6.07, 6.45) is 5.31. The predicted molar refractivity (Wildman–Crippen MR) is 492 cm³/mol. The van der Waals surface area contributed by atoms with Crippen molar-refractivity contribution in [3.63, 3.8) is 0 Å². The molecule has 0 aliphatic carbocycles. The molecule has 22 aromatic rings. The minimum absolute atomic E-state index is 0.0288. The van der Waals surface area contributed by atoms with Crippen LogP contribution < -0.4 is 84.5 Å².